The lowest BCUT2D eigenvalue weighted by Gasteiger charge is -2.42. The van der Waals surface area contributed by atoms with Crippen molar-refractivity contribution in [3.05, 3.63) is 0 Å². The fourth-order valence-electron chi connectivity index (χ4n) is 2.54. The zero-order valence-electron chi connectivity index (χ0n) is 15.0. The number of halogens is 14. The van der Waals surface area contributed by atoms with E-state index in [4.69, 9.17) is 0 Å². The molecule has 0 saturated heterocycles. The Morgan fingerprint density at radius 2 is 1.03 bits per heavy atom. The molecule has 0 nitrogen and oxygen atoms in total. The maximum atomic E-state index is 14.2. The van der Waals surface area contributed by atoms with Gasteiger partial charge in [0, 0.05) is 9.84 Å². The first-order valence-corrected chi connectivity index (χ1v) is 9.52. The third kappa shape index (κ3) is 4.85. The molecule has 0 fully saturated rings. The summed E-state index contributed by atoms with van der Waals surface area (Å²) in [6.45, 7) is 2.55. The lowest BCUT2D eigenvalue weighted by Crippen LogP contribution is -2.71. The average molecular weight is 572 g/mol. The lowest BCUT2D eigenvalue weighted by atomic mass is 9.83. The highest BCUT2D eigenvalue weighted by Crippen LogP contribution is 2.62. The van der Waals surface area contributed by atoms with Crippen LogP contribution in [0, 0.1) is 5.92 Å². The fourth-order valence-corrected chi connectivity index (χ4v) is 3.94. The molecule has 0 aromatic rings. The van der Waals surface area contributed by atoms with Gasteiger partial charge in [0.2, 0.25) is 0 Å². The van der Waals surface area contributed by atoms with E-state index in [2.05, 4.69) is 0 Å². The molecule has 0 amide bonds. The second-order valence-corrected chi connectivity index (χ2v) is 8.04. The Balaban J connectivity index is 6.20. The van der Waals surface area contributed by atoms with Gasteiger partial charge in [-0.1, -0.05) is 55.7 Å². The summed E-state index contributed by atoms with van der Waals surface area (Å²) < 4.78 is 170. The SMILES string of the molecule is CCCCCC(I)C(CC)C(F)(F)C(F)(F)C(F)(F)C(F)(F)C(F)(F)C(F)(F)F. The number of hydrogen-bond donors (Lipinski definition) is 0. The highest BCUT2D eigenvalue weighted by molar-refractivity contribution is 14.1. The molecule has 0 saturated carbocycles. The third-order valence-electron chi connectivity index (χ3n) is 4.38. The van der Waals surface area contributed by atoms with Crippen molar-refractivity contribution in [2.45, 2.75) is 85.7 Å². The van der Waals surface area contributed by atoms with E-state index >= 15 is 0 Å². The maximum absolute atomic E-state index is 14.2. The molecule has 0 aliphatic rings. The smallest absolute Gasteiger partial charge is 0.199 e. The highest BCUT2D eigenvalue weighted by Gasteiger charge is 2.91. The van der Waals surface area contributed by atoms with Gasteiger partial charge in [-0.15, -0.1) is 0 Å². The molecule has 0 aliphatic carbocycles. The van der Waals surface area contributed by atoms with E-state index in [1.807, 2.05) is 0 Å². The molecule has 29 heavy (non-hydrogen) atoms. The summed E-state index contributed by atoms with van der Waals surface area (Å²) in [7, 11) is 0. The molecule has 0 radical (unpaired) electrons. The molecule has 176 valence electrons. The van der Waals surface area contributed by atoms with Crippen molar-refractivity contribution in [3.8, 4) is 0 Å². The monoisotopic (exact) mass is 572 g/mol. The molecule has 0 bridgehead atoms. The molecule has 0 aromatic carbocycles. The van der Waals surface area contributed by atoms with Crippen LogP contribution in [0.3, 0.4) is 0 Å². The van der Waals surface area contributed by atoms with Crippen LogP contribution in [-0.2, 0) is 0 Å². The number of rotatable bonds is 11. The molecular weight excluding hydrogens is 554 g/mol. The number of hydrogen-bond acceptors (Lipinski definition) is 0. The minimum Gasteiger partial charge on any atom is -0.199 e. The lowest BCUT2D eigenvalue weighted by molar-refractivity contribution is -0.443. The van der Waals surface area contributed by atoms with E-state index in [-0.39, 0.29) is 12.8 Å². The largest absolute Gasteiger partial charge is 0.460 e. The average Bonchev–Trinajstić information content (AvgIpc) is 2.53. The van der Waals surface area contributed by atoms with Gasteiger partial charge in [0.25, 0.3) is 0 Å². The number of alkyl halides is 14. The van der Waals surface area contributed by atoms with Crippen LogP contribution in [0.1, 0.15) is 46.0 Å². The zero-order valence-corrected chi connectivity index (χ0v) is 17.1. The van der Waals surface area contributed by atoms with Gasteiger partial charge in [-0.05, 0) is 12.8 Å². The van der Waals surface area contributed by atoms with Crippen LogP contribution >= 0.6 is 22.6 Å². The summed E-state index contributed by atoms with van der Waals surface area (Å²) in [6, 6.07) is 0. The van der Waals surface area contributed by atoms with E-state index in [0.717, 1.165) is 6.92 Å². The Morgan fingerprint density at radius 1 is 0.621 bits per heavy atom. The van der Waals surface area contributed by atoms with E-state index in [1.54, 1.807) is 6.92 Å². The minimum atomic E-state index is -7.84. The predicted octanol–water partition coefficient (Wildman–Crippen LogP) is 8.14. The summed E-state index contributed by atoms with van der Waals surface area (Å²) in [6.07, 6.45) is -7.32. The molecule has 0 spiro atoms. The predicted molar refractivity (Wildman–Crippen MR) is 86.5 cm³/mol. The van der Waals surface area contributed by atoms with Crippen LogP contribution in [0.4, 0.5) is 57.1 Å². The first kappa shape index (κ1) is 28.8. The van der Waals surface area contributed by atoms with E-state index in [1.165, 1.54) is 22.6 Å². The van der Waals surface area contributed by atoms with Gasteiger partial charge in [-0.25, -0.2) is 0 Å². The van der Waals surface area contributed by atoms with Crippen molar-refractivity contribution in [2.24, 2.45) is 5.92 Å². The molecule has 0 rings (SSSR count). The van der Waals surface area contributed by atoms with Crippen molar-refractivity contribution in [1.82, 2.24) is 0 Å². The van der Waals surface area contributed by atoms with Gasteiger partial charge < -0.3 is 0 Å². The van der Waals surface area contributed by atoms with E-state index in [9.17, 15) is 57.1 Å². The summed E-state index contributed by atoms with van der Waals surface area (Å²) in [5, 5.41) is 0. The van der Waals surface area contributed by atoms with Gasteiger partial charge in [-0.2, -0.15) is 57.1 Å². The summed E-state index contributed by atoms with van der Waals surface area (Å²) in [4.78, 5) is 0. The minimum absolute atomic E-state index is 0.195. The fraction of sp³-hybridized carbons (Fsp3) is 1.00. The Labute approximate surface area is 171 Å². The first-order valence-electron chi connectivity index (χ1n) is 8.28. The van der Waals surface area contributed by atoms with Gasteiger partial charge in [0.15, 0.2) is 0 Å². The second-order valence-electron chi connectivity index (χ2n) is 6.44. The normalized spacial score (nSPS) is 17.4. The van der Waals surface area contributed by atoms with Crippen LogP contribution in [-0.4, -0.2) is 39.7 Å². The van der Waals surface area contributed by atoms with Crippen molar-refractivity contribution in [2.75, 3.05) is 0 Å². The molecule has 0 heterocycles. The van der Waals surface area contributed by atoms with Crippen LogP contribution in [0.15, 0.2) is 0 Å². The molecular formula is C15H18F13I. The van der Waals surface area contributed by atoms with Crippen LogP contribution in [0.5, 0.6) is 0 Å². The molecule has 0 N–H and O–H groups in total. The topological polar surface area (TPSA) is 0 Å². The van der Waals surface area contributed by atoms with Crippen LogP contribution in [0.25, 0.3) is 0 Å². The summed E-state index contributed by atoms with van der Waals surface area (Å²) in [5.74, 6) is -39.1. The van der Waals surface area contributed by atoms with Gasteiger partial charge in [0.1, 0.15) is 0 Å². The standard InChI is InChI=1S/C15H18F13I/c1-3-5-6-7-9(29)8(4-2)10(16,17)11(18,19)12(20,21)13(22,23)14(24,25)15(26,27)28/h8-9H,3-7H2,1-2H3. The van der Waals surface area contributed by atoms with Crippen molar-refractivity contribution in [3.63, 3.8) is 0 Å². The van der Waals surface area contributed by atoms with Crippen LogP contribution < -0.4 is 0 Å². The van der Waals surface area contributed by atoms with Crippen molar-refractivity contribution < 1.29 is 57.1 Å². The molecule has 2 atom stereocenters. The van der Waals surface area contributed by atoms with E-state index in [0.29, 0.717) is 12.8 Å². The highest BCUT2D eigenvalue weighted by atomic mass is 127. The van der Waals surface area contributed by atoms with Gasteiger partial charge in [0.05, 0.1) is 0 Å². The Bertz CT molecular complexity index is 527. The Morgan fingerprint density at radius 3 is 1.38 bits per heavy atom. The first-order chi connectivity index (χ1) is 12.7. The quantitative estimate of drug-likeness (QED) is 0.102. The van der Waals surface area contributed by atoms with Crippen molar-refractivity contribution in [1.29, 1.82) is 0 Å². The van der Waals surface area contributed by atoms with Crippen molar-refractivity contribution >= 4 is 22.6 Å². The Kier molecular flexibility index (Phi) is 9.07. The van der Waals surface area contributed by atoms with E-state index < -0.39 is 52.1 Å². The van der Waals surface area contributed by atoms with Crippen LogP contribution in [0.2, 0.25) is 0 Å². The maximum Gasteiger partial charge on any atom is 0.460 e. The molecule has 0 aliphatic heterocycles. The second kappa shape index (κ2) is 9.13. The summed E-state index contributed by atoms with van der Waals surface area (Å²) >= 11 is 1.21. The molecule has 2 unspecified atom stereocenters. The number of unbranched alkanes of at least 4 members (excludes halogenated alkanes) is 2. The molecule has 0 aromatic heterocycles. The Hall–Kier alpha value is -0.180. The van der Waals surface area contributed by atoms with Gasteiger partial charge in [-0.3, -0.25) is 0 Å². The molecule has 14 heteroatoms. The zero-order chi connectivity index (χ0) is 23.7. The van der Waals surface area contributed by atoms with Gasteiger partial charge >= 0.3 is 35.8 Å². The summed E-state index contributed by atoms with van der Waals surface area (Å²) in [5.41, 5.74) is 0. The third-order valence-corrected chi connectivity index (χ3v) is 5.87.